The number of nitrogens with zero attached hydrogens (tertiary/aromatic N) is 1. The highest BCUT2D eigenvalue weighted by molar-refractivity contribution is 6.31. The van der Waals surface area contributed by atoms with Crippen LogP contribution < -0.4 is 20.1 Å². The maximum atomic E-state index is 12.4. The lowest BCUT2D eigenvalue weighted by Gasteiger charge is -2.10. The number of rotatable bonds is 4. The average molecular weight is 382 g/mol. The summed E-state index contributed by atoms with van der Waals surface area (Å²) in [4.78, 5) is 16.6. The molecule has 0 atom stereocenters. The zero-order chi connectivity index (χ0) is 18.8. The Labute approximate surface area is 161 Å². The Hall–Kier alpha value is -3.25. The molecule has 0 radical (unpaired) electrons. The Bertz CT molecular complexity index is 1010. The Morgan fingerprint density at radius 3 is 2.70 bits per heavy atom. The van der Waals surface area contributed by atoms with Gasteiger partial charge in [-0.1, -0.05) is 17.7 Å². The molecular formula is C20H16ClN3O3. The van der Waals surface area contributed by atoms with E-state index in [0.717, 1.165) is 22.7 Å². The minimum atomic E-state index is -0.296. The summed E-state index contributed by atoms with van der Waals surface area (Å²) in [5.74, 6) is 1.12. The summed E-state index contributed by atoms with van der Waals surface area (Å²) >= 11 is 6.08. The SMILES string of the molecule is Cc1c(Cl)cccc1NC(=O)c1ccc(Nc2ccc3c(c2)OCO3)cn1. The van der Waals surface area contributed by atoms with Crippen LogP contribution in [-0.4, -0.2) is 17.7 Å². The number of fused-ring (bicyclic) bond motifs is 1. The molecule has 6 nitrogen and oxygen atoms in total. The lowest BCUT2D eigenvalue weighted by Crippen LogP contribution is -2.14. The molecule has 0 bridgehead atoms. The van der Waals surface area contributed by atoms with Gasteiger partial charge in [0.05, 0.1) is 11.9 Å². The van der Waals surface area contributed by atoms with E-state index >= 15 is 0 Å². The van der Waals surface area contributed by atoms with Crippen molar-refractivity contribution in [3.63, 3.8) is 0 Å². The molecule has 1 aromatic heterocycles. The van der Waals surface area contributed by atoms with Gasteiger partial charge in [-0.2, -0.15) is 0 Å². The third-order valence-corrected chi connectivity index (χ3v) is 4.58. The molecule has 7 heteroatoms. The van der Waals surface area contributed by atoms with Gasteiger partial charge in [-0.15, -0.1) is 0 Å². The van der Waals surface area contributed by atoms with Crippen LogP contribution in [-0.2, 0) is 0 Å². The third-order valence-electron chi connectivity index (χ3n) is 4.17. The standard InChI is InChI=1S/C20H16ClN3O3/c1-12-15(21)3-2-4-16(12)24-20(25)17-7-5-14(10-22-17)23-13-6-8-18-19(9-13)27-11-26-18/h2-10,23H,11H2,1H3,(H,24,25). The maximum Gasteiger partial charge on any atom is 0.274 e. The first-order chi connectivity index (χ1) is 13.1. The zero-order valence-electron chi connectivity index (χ0n) is 14.5. The van der Waals surface area contributed by atoms with Crippen molar-refractivity contribution in [3.05, 3.63) is 71.0 Å². The second-order valence-electron chi connectivity index (χ2n) is 5.99. The van der Waals surface area contributed by atoms with Crippen molar-refractivity contribution in [2.45, 2.75) is 6.92 Å². The minimum absolute atomic E-state index is 0.232. The van der Waals surface area contributed by atoms with Gasteiger partial charge in [-0.3, -0.25) is 4.79 Å². The van der Waals surface area contributed by atoms with E-state index in [9.17, 15) is 4.79 Å². The summed E-state index contributed by atoms with van der Waals surface area (Å²) in [5.41, 5.74) is 3.38. The Balaban J connectivity index is 1.45. The predicted octanol–water partition coefficient (Wildman–Crippen LogP) is 4.77. The van der Waals surface area contributed by atoms with Gasteiger partial charge in [0.25, 0.3) is 5.91 Å². The van der Waals surface area contributed by atoms with Gasteiger partial charge in [-0.05, 0) is 48.9 Å². The molecule has 3 aromatic rings. The highest BCUT2D eigenvalue weighted by Crippen LogP contribution is 2.35. The molecular weight excluding hydrogens is 366 g/mol. The molecule has 2 heterocycles. The van der Waals surface area contributed by atoms with Gasteiger partial charge < -0.3 is 20.1 Å². The van der Waals surface area contributed by atoms with Crippen molar-refractivity contribution in [1.29, 1.82) is 0 Å². The van der Waals surface area contributed by atoms with Crippen LogP contribution in [0.15, 0.2) is 54.7 Å². The van der Waals surface area contributed by atoms with Crippen molar-refractivity contribution < 1.29 is 14.3 Å². The van der Waals surface area contributed by atoms with E-state index in [0.29, 0.717) is 22.2 Å². The van der Waals surface area contributed by atoms with Gasteiger partial charge in [-0.25, -0.2) is 4.98 Å². The number of nitrogens with one attached hydrogen (secondary N) is 2. The van der Waals surface area contributed by atoms with Crippen molar-refractivity contribution in [2.75, 3.05) is 17.4 Å². The van der Waals surface area contributed by atoms with E-state index in [1.165, 1.54) is 0 Å². The first-order valence-electron chi connectivity index (χ1n) is 8.29. The monoisotopic (exact) mass is 381 g/mol. The van der Waals surface area contributed by atoms with Crippen LogP contribution in [0.25, 0.3) is 0 Å². The number of pyridine rings is 1. The Morgan fingerprint density at radius 1 is 1.07 bits per heavy atom. The minimum Gasteiger partial charge on any atom is -0.454 e. The van der Waals surface area contributed by atoms with Gasteiger partial charge in [0.2, 0.25) is 6.79 Å². The van der Waals surface area contributed by atoms with Gasteiger partial charge in [0.1, 0.15) is 5.69 Å². The van der Waals surface area contributed by atoms with E-state index in [1.54, 1.807) is 36.5 Å². The van der Waals surface area contributed by atoms with Crippen LogP contribution in [0.4, 0.5) is 17.1 Å². The van der Waals surface area contributed by atoms with E-state index in [1.807, 2.05) is 25.1 Å². The molecule has 0 saturated carbocycles. The summed E-state index contributed by atoms with van der Waals surface area (Å²) in [6.07, 6.45) is 1.60. The van der Waals surface area contributed by atoms with E-state index in [2.05, 4.69) is 15.6 Å². The molecule has 0 saturated heterocycles. The smallest absolute Gasteiger partial charge is 0.274 e. The molecule has 1 aliphatic heterocycles. The van der Waals surface area contributed by atoms with Crippen molar-refractivity contribution >= 4 is 34.6 Å². The number of ether oxygens (including phenoxy) is 2. The number of benzene rings is 2. The first kappa shape index (κ1) is 17.2. The molecule has 1 aliphatic rings. The van der Waals surface area contributed by atoms with Crippen LogP contribution in [0.1, 0.15) is 16.1 Å². The first-order valence-corrected chi connectivity index (χ1v) is 8.67. The van der Waals surface area contributed by atoms with Gasteiger partial charge >= 0.3 is 0 Å². The average Bonchev–Trinajstić information content (AvgIpc) is 3.14. The topological polar surface area (TPSA) is 72.5 Å². The fourth-order valence-corrected chi connectivity index (χ4v) is 2.85. The molecule has 0 spiro atoms. The molecule has 27 heavy (non-hydrogen) atoms. The Morgan fingerprint density at radius 2 is 1.89 bits per heavy atom. The number of anilines is 3. The van der Waals surface area contributed by atoms with Crippen LogP contribution in [0.3, 0.4) is 0 Å². The fourth-order valence-electron chi connectivity index (χ4n) is 2.67. The molecule has 1 amide bonds. The number of carbonyl (C=O) groups is 1. The molecule has 136 valence electrons. The number of hydrogen-bond donors (Lipinski definition) is 2. The summed E-state index contributed by atoms with van der Waals surface area (Å²) in [5, 5.41) is 6.65. The predicted molar refractivity (Wildman–Crippen MR) is 104 cm³/mol. The number of hydrogen-bond acceptors (Lipinski definition) is 5. The fraction of sp³-hybridized carbons (Fsp3) is 0.100. The molecule has 2 aromatic carbocycles. The molecule has 4 rings (SSSR count). The second kappa shape index (κ2) is 7.17. The van der Waals surface area contributed by atoms with E-state index in [4.69, 9.17) is 21.1 Å². The highest BCUT2D eigenvalue weighted by Gasteiger charge is 2.14. The largest absolute Gasteiger partial charge is 0.454 e. The van der Waals surface area contributed by atoms with Crippen LogP contribution in [0, 0.1) is 6.92 Å². The number of halogens is 1. The lowest BCUT2D eigenvalue weighted by atomic mass is 10.2. The van der Waals surface area contributed by atoms with E-state index < -0.39 is 0 Å². The van der Waals surface area contributed by atoms with Crippen LogP contribution >= 0.6 is 11.6 Å². The molecule has 0 fully saturated rings. The highest BCUT2D eigenvalue weighted by atomic mass is 35.5. The number of carbonyl (C=O) groups excluding carboxylic acids is 1. The van der Waals surface area contributed by atoms with Crippen molar-refractivity contribution in [2.24, 2.45) is 0 Å². The number of aromatic nitrogens is 1. The molecule has 0 unspecified atom stereocenters. The zero-order valence-corrected chi connectivity index (χ0v) is 15.2. The summed E-state index contributed by atoms with van der Waals surface area (Å²) in [7, 11) is 0. The quantitative estimate of drug-likeness (QED) is 0.681. The second-order valence-corrected chi connectivity index (χ2v) is 6.40. The maximum absolute atomic E-state index is 12.4. The third kappa shape index (κ3) is 3.66. The van der Waals surface area contributed by atoms with Gasteiger partial charge in [0, 0.05) is 22.5 Å². The normalized spacial score (nSPS) is 11.9. The Kier molecular flexibility index (Phi) is 4.56. The summed E-state index contributed by atoms with van der Waals surface area (Å²) in [6.45, 7) is 2.08. The molecule has 0 aliphatic carbocycles. The van der Waals surface area contributed by atoms with Crippen LogP contribution in [0.5, 0.6) is 11.5 Å². The van der Waals surface area contributed by atoms with E-state index in [-0.39, 0.29) is 12.7 Å². The summed E-state index contributed by atoms with van der Waals surface area (Å²) in [6, 6.07) is 14.4. The molecule has 2 N–H and O–H groups in total. The summed E-state index contributed by atoms with van der Waals surface area (Å²) < 4.78 is 10.7. The lowest BCUT2D eigenvalue weighted by molar-refractivity contribution is 0.102. The van der Waals surface area contributed by atoms with Gasteiger partial charge in [0.15, 0.2) is 11.5 Å². The number of amides is 1. The van der Waals surface area contributed by atoms with Crippen molar-refractivity contribution in [1.82, 2.24) is 4.98 Å². The van der Waals surface area contributed by atoms with Crippen LogP contribution in [0.2, 0.25) is 5.02 Å². The van der Waals surface area contributed by atoms with Crippen molar-refractivity contribution in [3.8, 4) is 11.5 Å².